The highest BCUT2D eigenvalue weighted by Gasteiger charge is 2.32. The summed E-state index contributed by atoms with van der Waals surface area (Å²) in [7, 11) is 0. The van der Waals surface area contributed by atoms with Gasteiger partial charge in [-0.1, -0.05) is 52.2 Å². The van der Waals surface area contributed by atoms with Gasteiger partial charge in [-0.15, -0.1) is 12.4 Å². The SMILES string of the molecule is CCCCCN(C(=O)CO)C(=O)[C@@H](NC(=O)c1ccc(CN)cc1)C(C)CC.Cl. The Morgan fingerprint density at radius 2 is 1.76 bits per heavy atom. The molecule has 1 aromatic rings. The number of imide groups is 1. The molecule has 1 aromatic carbocycles. The average molecular weight is 428 g/mol. The van der Waals surface area contributed by atoms with Crippen molar-refractivity contribution in [3.63, 3.8) is 0 Å². The largest absolute Gasteiger partial charge is 0.387 e. The second kappa shape index (κ2) is 14.1. The van der Waals surface area contributed by atoms with Gasteiger partial charge in [0.2, 0.25) is 0 Å². The Kier molecular flexibility index (Phi) is 13.1. The fourth-order valence-electron chi connectivity index (χ4n) is 2.83. The molecule has 0 saturated heterocycles. The molecule has 0 spiro atoms. The van der Waals surface area contributed by atoms with E-state index in [1.54, 1.807) is 24.3 Å². The first-order chi connectivity index (χ1) is 13.4. The number of hydrogen-bond acceptors (Lipinski definition) is 5. The Morgan fingerprint density at radius 1 is 1.14 bits per heavy atom. The van der Waals surface area contributed by atoms with E-state index < -0.39 is 24.5 Å². The molecular weight excluding hydrogens is 394 g/mol. The maximum absolute atomic E-state index is 13.1. The van der Waals surface area contributed by atoms with E-state index >= 15 is 0 Å². The third kappa shape index (κ3) is 8.12. The van der Waals surface area contributed by atoms with Crippen LogP contribution >= 0.6 is 12.4 Å². The molecule has 8 heteroatoms. The number of nitrogens with two attached hydrogens (primary N) is 1. The number of nitrogens with zero attached hydrogens (tertiary/aromatic N) is 1. The van der Waals surface area contributed by atoms with Crippen LogP contribution in [-0.4, -0.2) is 46.9 Å². The zero-order valence-electron chi connectivity index (χ0n) is 17.5. The molecule has 7 nitrogen and oxygen atoms in total. The number of benzene rings is 1. The Balaban J connectivity index is 0.00000784. The maximum Gasteiger partial charge on any atom is 0.254 e. The summed E-state index contributed by atoms with van der Waals surface area (Å²) in [5.41, 5.74) is 6.90. The molecular formula is C21H34ClN3O4. The topological polar surface area (TPSA) is 113 Å². The first kappa shape index (κ1) is 27.0. The molecule has 0 fully saturated rings. The predicted octanol–water partition coefficient (Wildman–Crippen LogP) is 2.25. The number of unbranched alkanes of at least 4 members (excludes halogenated alkanes) is 2. The number of rotatable bonds is 11. The maximum atomic E-state index is 13.1. The summed E-state index contributed by atoms with van der Waals surface area (Å²) in [6, 6.07) is 6.01. The van der Waals surface area contributed by atoms with Crippen molar-refractivity contribution >= 4 is 30.1 Å². The van der Waals surface area contributed by atoms with Gasteiger partial charge >= 0.3 is 0 Å². The van der Waals surface area contributed by atoms with E-state index in [9.17, 15) is 19.5 Å². The third-order valence-electron chi connectivity index (χ3n) is 4.91. The highest BCUT2D eigenvalue weighted by Crippen LogP contribution is 2.14. The molecule has 3 amide bonds. The predicted molar refractivity (Wildman–Crippen MR) is 116 cm³/mol. The number of carbonyl (C=O) groups is 3. The van der Waals surface area contributed by atoms with Crippen LogP contribution in [0.4, 0.5) is 0 Å². The molecule has 4 N–H and O–H groups in total. The van der Waals surface area contributed by atoms with Gasteiger partial charge in [0.1, 0.15) is 12.6 Å². The van der Waals surface area contributed by atoms with Crippen LogP contribution in [0.15, 0.2) is 24.3 Å². The number of hydrogen-bond donors (Lipinski definition) is 3. The Bertz CT molecular complexity index is 652. The van der Waals surface area contributed by atoms with E-state index in [4.69, 9.17) is 5.73 Å². The monoisotopic (exact) mass is 427 g/mol. The van der Waals surface area contributed by atoms with Crippen molar-refractivity contribution in [1.82, 2.24) is 10.2 Å². The standard InChI is InChI=1S/C21H33N3O4.ClH/c1-4-6-7-12-24(18(26)14-25)21(28)19(15(3)5-2)23-20(27)17-10-8-16(13-22)9-11-17;/h8-11,15,19,25H,4-7,12-14,22H2,1-3H3,(H,23,27);1H/t15?,19-;/m0./s1. The fourth-order valence-corrected chi connectivity index (χ4v) is 2.83. The second-order valence-electron chi connectivity index (χ2n) is 6.99. The first-order valence-corrected chi connectivity index (χ1v) is 9.94. The number of aliphatic hydroxyl groups excluding tert-OH is 1. The summed E-state index contributed by atoms with van der Waals surface area (Å²) in [4.78, 5) is 38.9. The van der Waals surface area contributed by atoms with Gasteiger partial charge in [0.05, 0.1) is 0 Å². The van der Waals surface area contributed by atoms with Crippen LogP contribution < -0.4 is 11.1 Å². The van der Waals surface area contributed by atoms with Crippen LogP contribution in [0.1, 0.15) is 62.4 Å². The molecule has 0 bridgehead atoms. The smallest absolute Gasteiger partial charge is 0.254 e. The molecule has 0 radical (unpaired) electrons. The number of carbonyl (C=O) groups excluding carboxylic acids is 3. The highest BCUT2D eigenvalue weighted by molar-refractivity contribution is 6.02. The van der Waals surface area contributed by atoms with Gasteiger partial charge in [-0.2, -0.15) is 0 Å². The number of halogens is 1. The fraction of sp³-hybridized carbons (Fsp3) is 0.571. The first-order valence-electron chi connectivity index (χ1n) is 9.94. The molecule has 1 unspecified atom stereocenters. The second-order valence-corrected chi connectivity index (χ2v) is 6.99. The lowest BCUT2D eigenvalue weighted by atomic mass is 9.97. The zero-order valence-corrected chi connectivity index (χ0v) is 18.3. The van der Waals surface area contributed by atoms with Crippen molar-refractivity contribution < 1.29 is 19.5 Å². The van der Waals surface area contributed by atoms with Crippen molar-refractivity contribution in [2.75, 3.05) is 13.2 Å². The summed E-state index contributed by atoms with van der Waals surface area (Å²) in [5, 5.41) is 12.0. The van der Waals surface area contributed by atoms with Crippen molar-refractivity contribution in [3.05, 3.63) is 35.4 Å². The van der Waals surface area contributed by atoms with E-state index in [-0.39, 0.29) is 30.8 Å². The summed E-state index contributed by atoms with van der Waals surface area (Å²) >= 11 is 0. The summed E-state index contributed by atoms with van der Waals surface area (Å²) in [6.45, 7) is 5.68. The minimum atomic E-state index is -0.844. The van der Waals surface area contributed by atoms with Gasteiger partial charge in [0.25, 0.3) is 17.7 Å². The lowest BCUT2D eigenvalue weighted by molar-refractivity contribution is -0.148. The molecule has 0 aromatic heterocycles. The van der Waals surface area contributed by atoms with Crippen LogP contribution in [0.25, 0.3) is 0 Å². The molecule has 0 aliphatic rings. The van der Waals surface area contributed by atoms with E-state index in [0.717, 1.165) is 23.3 Å². The molecule has 0 aliphatic heterocycles. The van der Waals surface area contributed by atoms with E-state index in [1.165, 1.54) is 0 Å². The summed E-state index contributed by atoms with van der Waals surface area (Å²) in [5.74, 6) is -1.67. The van der Waals surface area contributed by atoms with Crippen LogP contribution in [0, 0.1) is 5.92 Å². The number of nitrogens with one attached hydrogen (secondary N) is 1. The van der Waals surface area contributed by atoms with Gasteiger partial charge in [-0.05, 0) is 30.0 Å². The lowest BCUT2D eigenvalue weighted by Gasteiger charge is -2.29. The summed E-state index contributed by atoms with van der Waals surface area (Å²) in [6.07, 6.45) is 3.13. The Morgan fingerprint density at radius 3 is 2.24 bits per heavy atom. The third-order valence-corrected chi connectivity index (χ3v) is 4.91. The molecule has 2 atom stereocenters. The van der Waals surface area contributed by atoms with Crippen molar-refractivity contribution in [3.8, 4) is 0 Å². The number of amides is 3. The van der Waals surface area contributed by atoms with Gasteiger partial charge in [-0.3, -0.25) is 19.3 Å². The van der Waals surface area contributed by atoms with Gasteiger partial charge in [-0.25, -0.2) is 0 Å². The van der Waals surface area contributed by atoms with E-state index in [0.29, 0.717) is 24.9 Å². The van der Waals surface area contributed by atoms with Crippen molar-refractivity contribution in [2.45, 2.75) is 59.0 Å². The average Bonchev–Trinajstić information content (AvgIpc) is 2.73. The molecule has 164 valence electrons. The Hall–Kier alpha value is -1.96. The normalized spacial score (nSPS) is 12.4. The highest BCUT2D eigenvalue weighted by atomic mass is 35.5. The zero-order chi connectivity index (χ0) is 21.1. The van der Waals surface area contributed by atoms with E-state index in [1.807, 2.05) is 20.8 Å². The van der Waals surface area contributed by atoms with Gasteiger partial charge < -0.3 is 16.2 Å². The minimum Gasteiger partial charge on any atom is -0.387 e. The van der Waals surface area contributed by atoms with Crippen molar-refractivity contribution in [2.24, 2.45) is 11.7 Å². The minimum absolute atomic E-state index is 0. The number of aliphatic hydroxyl groups is 1. The van der Waals surface area contributed by atoms with Crippen LogP contribution in [0.5, 0.6) is 0 Å². The van der Waals surface area contributed by atoms with Crippen molar-refractivity contribution in [1.29, 1.82) is 0 Å². The quantitative estimate of drug-likeness (QED) is 0.469. The molecule has 29 heavy (non-hydrogen) atoms. The van der Waals surface area contributed by atoms with Crippen LogP contribution in [0.3, 0.4) is 0 Å². The summed E-state index contributed by atoms with van der Waals surface area (Å²) < 4.78 is 0. The molecule has 0 saturated carbocycles. The van der Waals surface area contributed by atoms with Crippen LogP contribution in [0.2, 0.25) is 0 Å². The van der Waals surface area contributed by atoms with E-state index in [2.05, 4.69) is 5.32 Å². The molecule has 1 rings (SSSR count). The molecule has 0 heterocycles. The van der Waals surface area contributed by atoms with Gasteiger partial charge in [0, 0.05) is 18.7 Å². The van der Waals surface area contributed by atoms with Gasteiger partial charge in [0.15, 0.2) is 0 Å². The lowest BCUT2D eigenvalue weighted by Crippen LogP contribution is -2.54. The van der Waals surface area contributed by atoms with Crippen LogP contribution in [-0.2, 0) is 16.1 Å². The molecule has 0 aliphatic carbocycles. The Labute approximate surface area is 179 Å².